The molecule has 0 bridgehead atoms. The van der Waals surface area contributed by atoms with E-state index in [1.54, 1.807) is 44.6 Å². The smallest absolute Gasteiger partial charge is 0.340 e. The first-order valence-corrected chi connectivity index (χ1v) is 9.39. The molecule has 0 saturated carbocycles. The topological polar surface area (TPSA) is 126 Å². The lowest BCUT2D eigenvalue weighted by atomic mass is 10.1. The van der Waals surface area contributed by atoms with Crippen molar-refractivity contribution in [3.63, 3.8) is 0 Å². The second-order valence-electron chi connectivity index (χ2n) is 6.35. The Labute approximate surface area is 172 Å². The summed E-state index contributed by atoms with van der Waals surface area (Å²) in [5, 5.41) is 7.24. The molecule has 1 N–H and O–H groups in total. The third-order valence-electron chi connectivity index (χ3n) is 4.31. The van der Waals surface area contributed by atoms with Crippen LogP contribution >= 0.6 is 0 Å². The lowest BCUT2D eigenvalue weighted by molar-refractivity contribution is -0.157. The Balaban J connectivity index is 2.06. The van der Waals surface area contributed by atoms with Crippen molar-refractivity contribution in [2.45, 2.75) is 26.8 Å². The highest BCUT2D eigenvalue weighted by molar-refractivity contribution is 6.11. The Bertz CT molecular complexity index is 1070. The molecule has 0 saturated heterocycles. The van der Waals surface area contributed by atoms with E-state index >= 15 is 0 Å². The monoisotopic (exact) mass is 414 g/mol. The van der Waals surface area contributed by atoms with Crippen molar-refractivity contribution < 1.29 is 28.3 Å². The van der Waals surface area contributed by atoms with Crippen LogP contribution in [0.5, 0.6) is 0 Å². The predicted octanol–water partition coefficient (Wildman–Crippen LogP) is 1.76. The van der Waals surface area contributed by atoms with Crippen molar-refractivity contribution in [2.24, 2.45) is 7.05 Å². The van der Waals surface area contributed by atoms with E-state index in [1.165, 1.54) is 12.3 Å². The Morgan fingerprint density at radius 2 is 1.87 bits per heavy atom. The van der Waals surface area contributed by atoms with Gasteiger partial charge in [0.15, 0.2) is 11.4 Å². The van der Waals surface area contributed by atoms with E-state index in [4.69, 9.17) is 13.9 Å². The number of carbonyl (C=O) groups excluding carboxylic acids is 3. The predicted molar refractivity (Wildman–Crippen MR) is 105 cm³/mol. The van der Waals surface area contributed by atoms with Gasteiger partial charge in [0.25, 0.3) is 5.91 Å². The minimum absolute atomic E-state index is 0.0501. The first kappa shape index (κ1) is 21.0. The summed E-state index contributed by atoms with van der Waals surface area (Å²) in [6, 6.07) is 3.34. The third kappa shape index (κ3) is 4.02. The maximum absolute atomic E-state index is 13.1. The van der Waals surface area contributed by atoms with Crippen LogP contribution in [0.15, 0.2) is 28.9 Å². The van der Waals surface area contributed by atoms with Gasteiger partial charge in [0, 0.05) is 7.05 Å². The molecule has 0 aliphatic heterocycles. The fraction of sp³-hybridized carbons (Fsp3) is 0.350. The normalized spacial score (nSPS) is 11.0. The average Bonchev–Trinajstić information content (AvgIpc) is 3.34. The van der Waals surface area contributed by atoms with Gasteiger partial charge in [-0.25, -0.2) is 14.6 Å². The molecule has 0 aliphatic carbocycles. The summed E-state index contributed by atoms with van der Waals surface area (Å²) in [6.45, 7) is 5.04. The molecule has 158 valence electrons. The third-order valence-corrected chi connectivity index (χ3v) is 4.31. The molecule has 3 heterocycles. The zero-order valence-corrected chi connectivity index (χ0v) is 17.1. The molecular weight excluding hydrogens is 392 g/mol. The Morgan fingerprint density at radius 3 is 2.43 bits per heavy atom. The van der Waals surface area contributed by atoms with Crippen LogP contribution in [-0.4, -0.2) is 51.9 Å². The van der Waals surface area contributed by atoms with Crippen LogP contribution in [0, 0.1) is 6.92 Å². The second kappa shape index (κ2) is 8.76. The number of ether oxygens (including phenoxy) is 2. The average molecular weight is 414 g/mol. The summed E-state index contributed by atoms with van der Waals surface area (Å²) in [5.41, 5.74) is 1.62. The molecule has 0 aromatic carbocycles. The van der Waals surface area contributed by atoms with Crippen LogP contribution in [0.4, 0.5) is 0 Å². The second-order valence-corrected chi connectivity index (χ2v) is 6.35. The highest BCUT2D eigenvalue weighted by Crippen LogP contribution is 2.27. The van der Waals surface area contributed by atoms with Gasteiger partial charge in [-0.15, -0.1) is 0 Å². The Kier molecular flexibility index (Phi) is 6.14. The minimum atomic E-state index is -1.59. The van der Waals surface area contributed by atoms with Crippen molar-refractivity contribution >= 4 is 28.9 Å². The van der Waals surface area contributed by atoms with Gasteiger partial charge in [-0.05, 0) is 39.0 Å². The van der Waals surface area contributed by atoms with Gasteiger partial charge in [-0.1, -0.05) is 0 Å². The van der Waals surface area contributed by atoms with Gasteiger partial charge in [0.2, 0.25) is 6.04 Å². The van der Waals surface area contributed by atoms with Crippen molar-refractivity contribution in [1.29, 1.82) is 0 Å². The Morgan fingerprint density at radius 1 is 1.20 bits per heavy atom. The van der Waals surface area contributed by atoms with Crippen LogP contribution in [0.1, 0.15) is 29.9 Å². The van der Waals surface area contributed by atoms with Gasteiger partial charge in [-0.3, -0.25) is 9.48 Å². The molecule has 3 aromatic heterocycles. The van der Waals surface area contributed by atoms with Gasteiger partial charge in [0.1, 0.15) is 5.69 Å². The van der Waals surface area contributed by atoms with Crippen LogP contribution in [0.3, 0.4) is 0 Å². The molecule has 3 rings (SSSR count). The summed E-state index contributed by atoms with van der Waals surface area (Å²) >= 11 is 0. The molecule has 10 nitrogen and oxygen atoms in total. The number of nitrogens with zero attached hydrogens (tertiary/aromatic N) is 3. The molecule has 3 aromatic rings. The fourth-order valence-electron chi connectivity index (χ4n) is 3.05. The molecule has 0 radical (unpaired) electrons. The summed E-state index contributed by atoms with van der Waals surface area (Å²) in [4.78, 5) is 42.1. The molecule has 1 amide bonds. The summed E-state index contributed by atoms with van der Waals surface area (Å²) in [6.07, 6.45) is 1.49. The number of nitrogens with one attached hydrogen (secondary N) is 1. The molecule has 0 spiro atoms. The molecule has 10 heteroatoms. The van der Waals surface area contributed by atoms with Crippen molar-refractivity contribution in [3.8, 4) is 11.5 Å². The van der Waals surface area contributed by atoms with Gasteiger partial charge in [0.05, 0.1) is 36.1 Å². The zero-order valence-electron chi connectivity index (χ0n) is 17.1. The first-order chi connectivity index (χ1) is 14.4. The molecule has 0 unspecified atom stereocenters. The molecular formula is C20H22N4O6. The summed E-state index contributed by atoms with van der Waals surface area (Å²) < 4.78 is 16.8. The van der Waals surface area contributed by atoms with Crippen molar-refractivity contribution in [1.82, 2.24) is 20.1 Å². The van der Waals surface area contributed by atoms with E-state index in [9.17, 15) is 14.4 Å². The van der Waals surface area contributed by atoms with Crippen molar-refractivity contribution in [3.05, 3.63) is 35.7 Å². The number of rotatable bonds is 7. The molecule has 0 aliphatic rings. The van der Waals surface area contributed by atoms with Crippen LogP contribution in [0.2, 0.25) is 0 Å². The number of carbonyl (C=O) groups is 3. The summed E-state index contributed by atoms with van der Waals surface area (Å²) in [7, 11) is 1.70. The van der Waals surface area contributed by atoms with E-state index in [1.807, 2.05) is 0 Å². The van der Waals surface area contributed by atoms with E-state index in [2.05, 4.69) is 15.4 Å². The highest BCUT2D eigenvalue weighted by Gasteiger charge is 2.32. The largest absolute Gasteiger partial charge is 0.464 e. The lowest BCUT2D eigenvalue weighted by Crippen LogP contribution is -2.48. The molecule has 30 heavy (non-hydrogen) atoms. The number of aryl methyl sites for hydroxylation is 2. The zero-order chi connectivity index (χ0) is 21.8. The van der Waals surface area contributed by atoms with E-state index in [-0.39, 0.29) is 18.8 Å². The quantitative estimate of drug-likeness (QED) is 0.458. The van der Waals surface area contributed by atoms with Gasteiger partial charge < -0.3 is 19.2 Å². The number of amides is 1. The Hall–Kier alpha value is -3.69. The van der Waals surface area contributed by atoms with Crippen molar-refractivity contribution in [2.75, 3.05) is 13.2 Å². The van der Waals surface area contributed by atoms with E-state index in [0.29, 0.717) is 28.2 Å². The fourth-order valence-corrected chi connectivity index (χ4v) is 3.05. The van der Waals surface area contributed by atoms with Crippen LogP contribution < -0.4 is 5.32 Å². The van der Waals surface area contributed by atoms with Gasteiger partial charge in [-0.2, -0.15) is 5.10 Å². The minimum Gasteiger partial charge on any atom is -0.464 e. The van der Waals surface area contributed by atoms with Crippen LogP contribution in [-0.2, 0) is 26.1 Å². The lowest BCUT2D eigenvalue weighted by Gasteiger charge is -2.16. The number of furan rings is 1. The maximum atomic E-state index is 13.1. The number of hydrogen-bond donors (Lipinski definition) is 1. The number of aromatic nitrogens is 3. The highest BCUT2D eigenvalue weighted by atomic mass is 16.6. The number of esters is 2. The summed E-state index contributed by atoms with van der Waals surface area (Å²) in [5.74, 6) is -2.01. The number of hydrogen-bond acceptors (Lipinski definition) is 8. The SMILES string of the molecule is CCOC(=O)C(NC(=O)c1cc(-c2ccco2)nc2c1c(C)nn2C)C(=O)OCC. The molecule has 0 fully saturated rings. The van der Waals surface area contributed by atoms with E-state index < -0.39 is 23.9 Å². The number of pyridine rings is 1. The standard InChI is InChI=1S/C20H22N4O6/c1-5-28-19(26)16(20(27)29-6-2)22-18(25)12-10-13(14-8-7-9-30-14)21-17-15(12)11(3)23-24(17)4/h7-10,16H,5-6H2,1-4H3,(H,22,25). The van der Waals surface area contributed by atoms with Gasteiger partial charge >= 0.3 is 11.9 Å². The van der Waals surface area contributed by atoms with E-state index in [0.717, 1.165) is 0 Å². The molecule has 0 atom stereocenters. The van der Waals surface area contributed by atoms with Crippen LogP contribution in [0.25, 0.3) is 22.5 Å². The number of fused-ring (bicyclic) bond motifs is 1. The maximum Gasteiger partial charge on any atom is 0.340 e. The first-order valence-electron chi connectivity index (χ1n) is 9.39.